The summed E-state index contributed by atoms with van der Waals surface area (Å²) in [7, 11) is 0. The van der Waals surface area contributed by atoms with Crippen LogP contribution in [0.15, 0.2) is 79.9 Å². The van der Waals surface area contributed by atoms with Gasteiger partial charge in [0.05, 0.1) is 24.0 Å². The summed E-state index contributed by atoms with van der Waals surface area (Å²) in [5.41, 5.74) is 1.24. The first-order valence-electron chi connectivity index (χ1n) is 17.7. The average molecular weight is 687 g/mol. The summed E-state index contributed by atoms with van der Waals surface area (Å²) in [5, 5.41) is 12.8. The first kappa shape index (κ1) is 36.8. The van der Waals surface area contributed by atoms with E-state index in [1.54, 1.807) is 17.1 Å². The standard InChI is InChI=1S/C39H50N4O7/c1-5-9-16-32(45)49-26-30(27-14-11-10-12-15-27)40-36(46)33-31-21-22-39(50-31)34(33)37(47)43(24-13-25-44)35(39)38(48)42(23-6-2)29-19-17-28(18-20-29)41(7-3)8-4/h5-6,10-12,14-15,17-20,30-31,33-35,44H,1-2,7-9,13,16,21-26H2,3-4H3,(H,40,46)/t30-,31-,33+,34+,35-,39+/m1/s1. The third-order valence-corrected chi connectivity index (χ3v) is 10.2. The van der Waals surface area contributed by atoms with Gasteiger partial charge in [0.1, 0.15) is 18.2 Å². The van der Waals surface area contributed by atoms with Crippen LogP contribution in [0.1, 0.15) is 57.6 Å². The van der Waals surface area contributed by atoms with Crippen molar-refractivity contribution in [2.24, 2.45) is 11.8 Å². The number of aliphatic hydroxyl groups is 1. The van der Waals surface area contributed by atoms with E-state index in [1.165, 1.54) is 4.90 Å². The van der Waals surface area contributed by atoms with E-state index in [1.807, 2.05) is 54.6 Å². The fraction of sp³-hybridized carbons (Fsp3) is 0.487. The topological polar surface area (TPSA) is 129 Å². The van der Waals surface area contributed by atoms with Gasteiger partial charge in [-0.3, -0.25) is 19.2 Å². The lowest BCUT2D eigenvalue weighted by atomic mass is 9.70. The van der Waals surface area contributed by atoms with Crippen molar-refractivity contribution in [3.63, 3.8) is 0 Å². The van der Waals surface area contributed by atoms with Crippen LogP contribution in [0.25, 0.3) is 0 Å². The largest absolute Gasteiger partial charge is 0.463 e. The van der Waals surface area contributed by atoms with Crippen LogP contribution in [0, 0.1) is 11.8 Å². The van der Waals surface area contributed by atoms with Crippen LogP contribution in [0.2, 0.25) is 0 Å². The Morgan fingerprint density at radius 1 is 1.08 bits per heavy atom. The molecule has 3 amide bonds. The summed E-state index contributed by atoms with van der Waals surface area (Å²) in [6.45, 7) is 13.5. The van der Waals surface area contributed by atoms with Gasteiger partial charge in [-0.05, 0) is 69.4 Å². The van der Waals surface area contributed by atoms with Crippen molar-refractivity contribution in [2.75, 3.05) is 49.2 Å². The van der Waals surface area contributed by atoms with Gasteiger partial charge in [-0.1, -0.05) is 42.5 Å². The van der Waals surface area contributed by atoms with Crippen molar-refractivity contribution >= 4 is 35.1 Å². The molecule has 50 heavy (non-hydrogen) atoms. The molecule has 0 saturated carbocycles. The Balaban J connectivity index is 1.44. The minimum Gasteiger partial charge on any atom is -0.463 e. The van der Waals surface area contributed by atoms with Gasteiger partial charge in [0, 0.05) is 50.6 Å². The third kappa shape index (κ3) is 7.20. The Morgan fingerprint density at radius 3 is 2.42 bits per heavy atom. The molecule has 0 unspecified atom stereocenters. The van der Waals surface area contributed by atoms with Crippen LogP contribution >= 0.6 is 0 Å². The molecule has 3 aliphatic heterocycles. The second kappa shape index (κ2) is 16.5. The number of esters is 1. The molecule has 0 aliphatic carbocycles. The van der Waals surface area contributed by atoms with E-state index in [-0.39, 0.29) is 51.0 Å². The van der Waals surface area contributed by atoms with Crippen LogP contribution in [0.4, 0.5) is 11.4 Å². The van der Waals surface area contributed by atoms with Gasteiger partial charge in [-0.25, -0.2) is 0 Å². The number of hydrogen-bond acceptors (Lipinski definition) is 8. The van der Waals surface area contributed by atoms with Crippen molar-refractivity contribution in [3.8, 4) is 0 Å². The van der Waals surface area contributed by atoms with Gasteiger partial charge >= 0.3 is 5.97 Å². The minimum absolute atomic E-state index is 0.0823. The molecule has 1 spiro atoms. The SMILES string of the molecule is C=CCCC(=O)OC[C@@H](NC(=O)[C@@H]1[C@H]2C(=O)N(CCCO)[C@H](C(=O)N(CC=C)c3ccc(N(CC)CC)cc3)[C@]23CC[C@H]1O3)c1ccccc1. The summed E-state index contributed by atoms with van der Waals surface area (Å²) >= 11 is 0. The number of carbonyl (C=O) groups excluding carboxylic acids is 4. The van der Waals surface area contributed by atoms with Crippen LogP contribution in [-0.2, 0) is 28.7 Å². The quantitative estimate of drug-likeness (QED) is 0.177. The molecule has 11 heteroatoms. The molecule has 2 N–H and O–H groups in total. The molecular formula is C39H50N4O7. The van der Waals surface area contributed by atoms with Gasteiger partial charge in [0.25, 0.3) is 5.91 Å². The predicted octanol–water partition coefficient (Wildman–Crippen LogP) is 4.18. The number of nitrogens with one attached hydrogen (secondary N) is 1. The zero-order valence-electron chi connectivity index (χ0n) is 29.2. The summed E-state index contributed by atoms with van der Waals surface area (Å²) in [4.78, 5) is 61.1. The first-order valence-corrected chi connectivity index (χ1v) is 17.7. The molecule has 0 aromatic heterocycles. The van der Waals surface area contributed by atoms with E-state index in [2.05, 4.69) is 37.2 Å². The van der Waals surface area contributed by atoms with Crippen molar-refractivity contribution in [1.82, 2.24) is 10.2 Å². The summed E-state index contributed by atoms with van der Waals surface area (Å²) in [6, 6.07) is 15.3. The van der Waals surface area contributed by atoms with Crippen molar-refractivity contribution < 1.29 is 33.8 Å². The molecule has 2 aromatic rings. The predicted molar refractivity (Wildman–Crippen MR) is 191 cm³/mol. The molecule has 2 bridgehead atoms. The number of likely N-dealkylation sites (tertiary alicyclic amines) is 1. The molecule has 2 aromatic carbocycles. The second-order valence-corrected chi connectivity index (χ2v) is 13.1. The van der Waals surface area contributed by atoms with E-state index >= 15 is 0 Å². The van der Waals surface area contributed by atoms with Crippen LogP contribution in [0.3, 0.4) is 0 Å². The Bertz CT molecular complexity index is 1530. The van der Waals surface area contributed by atoms with Crippen molar-refractivity contribution in [1.29, 1.82) is 0 Å². The van der Waals surface area contributed by atoms with Gasteiger partial charge < -0.3 is 34.6 Å². The molecule has 3 saturated heterocycles. The fourth-order valence-electron chi connectivity index (χ4n) is 7.89. The molecule has 5 rings (SSSR count). The Labute approximate surface area is 294 Å². The Hall–Kier alpha value is -4.48. The molecule has 11 nitrogen and oxygen atoms in total. The highest BCUT2D eigenvalue weighted by molar-refractivity contribution is 6.05. The lowest BCUT2D eigenvalue weighted by Gasteiger charge is -2.37. The summed E-state index contributed by atoms with van der Waals surface area (Å²) in [5.74, 6) is -3.19. The highest BCUT2D eigenvalue weighted by Crippen LogP contribution is 2.58. The lowest BCUT2D eigenvalue weighted by molar-refractivity contribution is -0.146. The van der Waals surface area contributed by atoms with E-state index < -0.39 is 47.5 Å². The summed E-state index contributed by atoms with van der Waals surface area (Å²) < 4.78 is 12.2. The third-order valence-electron chi connectivity index (χ3n) is 10.2. The first-order chi connectivity index (χ1) is 24.2. The van der Waals surface area contributed by atoms with E-state index in [0.29, 0.717) is 24.9 Å². The number of anilines is 2. The van der Waals surface area contributed by atoms with Gasteiger partial charge in [0.2, 0.25) is 11.8 Å². The highest BCUT2D eigenvalue weighted by Gasteiger charge is 2.74. The average Bonchev–Trinajstić information content (AvgIpc) is 3.78. The van der Waals surface area contributed by atoms with E-state index in [9.17, 15) is 24.3 Å². The maximum atomic E-state index is 14.8. The number of ether oxygens (including phenoxy) is 2. The molecular weight excluding hydrogens is 636 g/mol. The van der Waals surface area contributed by atoms with Crippen LogP contribution < -0.4 is 15.1 Å². The molecule has 6 atom stereocenters. The Kier molecular flexibility index (Phi) is 12.1. The number of rotatable bonds is 18. The van der Waals surface area contributed by atoms with Gasteiger partial charge in [-0.15, -0.1) is 13.2 Å². The number of amides is 3. The normalized spacial score (nSPS) is 24.0. The number of nitrogens with zero attached hydrogens (tertiary/aromatic N) is 3. The lowest BCUT2D eigenvalue weighted by Crippen LogP contribution is -2.56. The Morgan fingerprint density at radius 2 is 1.78 bits per heavy atom. The highest BCUT2D eigenvalue weighted by atomic mass is 16.5. The number of allylic oxidation sites excluding steroid dienone is 1. The van der Waals surface area contributed by atoms with Crippen molar-refractivity contribution in [2.45, 2.75) is 69.7 Å². The zero-order chi connectivity index (χ0) is 35.8. The number of benzene rings is 2. The molecule has 3 heterocycles. The monoisotopic (exact) mass is 686 g/mol. The second-order valence-electron chi connectivity index (χ2n) is 13.1. The fourth-order valence-corrected chi connectivity index (χ4v) is 7.89. The van der Waals surface area contributed by atoms with Crippen LogP contribution in [-0.4, -0.2) is 90.8 Å². The molecule has 268 valence electrons. The molecule has 3 aliphatic rings. The minimum atomic E-state index is -1.21. The smallest absolute Gasteiger partial charge is 0.306 e. The maximum Gasteiger partial charge on any atom is 0.306 e. The zero-order valence-corrected chi connectivity index (χ0v) is 29.2. The van der Waals surface area contributed by atoms with Crippen molar-refractivity contribution in [3.05, 3.63) is 85.5 Å². The molecule has 3 fully saturated rings. The molecule has 0 radical (unpaired) electrons. The number of fused-ring (bicyclic) bond motifs is 1. The van der Waals surface area contributed by atoms with E-state index in [0.717, 1.165) is 24.3 Å². The number of hydrogen-bond donors (Lipinski definition) is 2. The van der Waals surface area contributed by atoms with E-state index in [4.69, 9.17) is 9.47 Å². The maximum absolute atomic E-state index is 14.8. The number of aliphatic hydroxyl groups excluding tert-OH is 1. The summed E-state index contributed by atoms with van der Waals surface area (Å²) in [6.07, 6.45) is 4.60. The van der Waals surface area contributed by atoms with Crippen LogP contribution in [0.5, 0.6) is 0 Å². The van der Waals surface area contributed by atoms with Gasteiger partial charge in [-0.2, -0.15) is 0 Å². The number of carbonyl (C=O) groups is 4. The van der Waals surface area contributed by atoms with Gasteiger partial charge in [0.15, 0.2) is 0 Å².